The standard InChI is InChI=1S/C13H15F3N2O/c1-8-2-4-18(5-3-8)13(19)17-11-7-9(14)6-10(15)12(11)16/h6-8H,2-5H2,1H3,(H,17,19). The summed E-state index contributed by atoms with van der Waals surface area (Å²) in [5.41, 5.74) is -0.471. The second-order valence-corrected chi connectivity index (χ2v) is 4.85. The molecule has 0 spiro atoms. The predicted molar refractivity (Wildman–Crippen MR) is 65.3 cm³/mol. The summed E-state index contributed by atoms with van der Waals surface area (Å²) in [5.74, 6) is -2.95. The van der Waals surface area contributed by atoms with Gasteiger partial charge in [-0.15, -0.1) is 0 Å². The molecule has 0 saturated carbocycles. The van der Waals surface area contributed by atoms with Crippen molar-refractivity contribution in [1.29, 1.82) is 0 Å². The predicted octanol–water partition coefficient (Wildman–Crippen LogP) is 3.37. The maximum Gasteiger partial charge on any atom is 0.321 e. The molecule has 1 aromatic rings. The number of likely N-dealkylation sites (tertiary alicyclic amines) is 1. The number of nitrogens with one attached hydrogen (secondary N) is 1. The monoisotopic (exact) mass is 272 g/mol. The Labute approximate surface area is 109 Å². The molecule has 2 rings (SSSR count). The molecule has 0 atom stereocenters. The van der Waals surface area contributed by atoms with E-state index in [-0.39, 0.29) is 0 Å². The second-order valence-electron chi connectivity index (χ2n) is 4.85. The molecule has 19 heavy (non-hydrogen) atoms. The van der Waals surface area contributed by atoms with Crippen molar-refractivity contribution in [3.8, 4) is 0 Å². The van der Waals surface area contributed by atoms with E-state index in [1.807, 2.05) is 0 Å². The lowest BCUT2D eigenvalue weighted by molar-refractivity contribution is 0.186. The van der Waals surface area contributed by atoms with E-state index in [0.29, 0.717) is 25.1 Å². The van der Waals surface area contributed by atoms with Crippen molar-refractivity contribution in [2.75, 3.05) is 18.4 Å². The minimum atomic E-state index is -1.32. The van der Waals surface area contributed by atoms with Gasteiger partial charge < -0.3 is 10.2 Å². The Kier molecular flexibility index (Phi) is 3.97. The van der Waals surface area contributed by atoms with Gasteiger partial charge in [0.2, 0.25) is 0 Å². The van der Waals surface area contributed by atoms with Gasteiger partial charge in [0.05, 0.1) is 5.69 Å². The summed E-state index contributed by atoms with van der Waals surface area (Å²) in [6, 6.07) is 0.673. The number of benzene rings is 1. The number of carbonyl (C=O) groups is 1. The smallest absolute Gasteiger partial charge is 0.321 e. The number of amides is 2. The quantitative estimate of drug-likeness (QED) is 0.781. The molecule has 0 bridgehead atoms. The Bertz CT molecular complexity index is 485. The molecule has 1 aromatic carbocycles. The van der Waals surface area contributed by atoms with Crippen LogP contribution in [0.2, 0.25) is 0 Å². The van der Waals surface area contributed by atoms with Crippen LogP contribution in [0.4, 0.5) is 23.7 Å². The van der Waals surface area contributed by atoms with E-state index in [2.05, 4.69) is 12.2 Å². The van der Waals surface area contributed by atoms with Crippen molar-refractivity contribution < 1.29 is 18.0 Å². The van der Waals surface area contributed by atoms with Crippen LogP contribution in [0.1, 0.15) is 19.8 Å². The highest BCUT2D eigenvalue weighted by Crippen LogP contribution is 2.21. The molecule has 1 saturated heterocycles. The van der Waals surface area contributed by atoms with E-state index < -0.39 is 29.2 Å². The third-order valence-electron chi connectivity index (χ3n) is 3.31. The normalized spacial score (nSPS) is 16.5. The zero-order valence-electron chi connectivity index (χ0n) is 10.5. The molecule has 1 heterocycles. The highest BCUT2D eigenvalue weighted by molar-refractivity contribution is 5.89. The molecule has 6 heteroatoms. The maximum absolute atomic E-state index is 13.4. The summed E-state index contributed by atoms with van der Waals surface area (Å²) in [4.78, 5) is 13.4. The third kappa shape index (κ3) is 3.19. The second kappa shape index (κ2) is 5.50. The fraction of sp³-hybridized carbons (Fsp3) is 0.462. The van der Waals surface area contributed by atoms with Gasteiger partial charge in [0.15, 0.2) is 11.6 Å². The van der Waals surface area contributed by atoms with Crippen molar-refractivity contribution in [2.45, 2.75) is 19.8 Å². The number of anilines is 1. The lowest BCUT2D eigenvalue weighted by atomic mass is 10.00. The van der Waals surface area contributed by atoms with E-state index >= 15 is 0 Å². The minimum absolute atomic E-state index is 0.438. The van der Waals surface area contributed by atoms with E-state index in [4.69, 9.17) is 0 Å². The average molecular weight is 272 g/mol. The van der Waals surface area contributed by atoms with Gasteiger partial charge in [0, 0.05) is 25.2 Å². The molecule has 1 N–H and O–H groups in total. The van der Waals surface area contributed by atoms with Gasteiger partial charge in [0.1, 0.15) is 5.82 Å². The zero-order valence-corrected chi connectivity index (χ0v) is 10.5. The molecule has 104 valence electrons. The third-order valence-corrected chi connectivity index (χ3v) is 3.31. The topological polar surface area (TPSA) is 32.3 Å². The first kappa shape index (κ1) is 13.7. The highest BCUT2D eigenvalue weighted by Gasteiger charge is 2.22. The first-order valence-electron chi connectivity index (χ1n) is 6.18. The van der Waals surface area contributed by atoms with Crippen LogP contribution in [0.25, 0.3) is 0 Å². The summed E-state index contributed by atoms with van der Waals surface area (Å²) in [6.45, 7) is 3.22. The van der Waals surface area contributed by atoms with Crippen molar-refractivity contribution in [1.82, 2.24) is 4.90 Å². The first-order chi connectivity index (χ1) is 8.97. The number of urea groups is 1. The van der Waals surface area contributed by atoms with Gasteiger partial charge >= 0.3 is 6.03 Å². The summed E-state index contributed by atoms with van der Waals surface area (Å²) in [7, 11) is 0. The Morgan fingerprint density at radius 2 is 1.89 bits per heavy atom. The summed E-state index contributed by atoms with van der Waals surface area (Å²) in [6.07, 6.45) is 1.74. The van der Waals surface area contributed by atoms with Crippen molar-refractivity contribution >= 4 is 11.7 Å². The van der Waals surface area contributed by atoms with Crippen LogP contribution in [-0.4, -0.2) is 24.0 Å². The van der Waals surface area contributed by atoms with E-state index in [0.717, 1.165) is 18.9 Å². The van der Waals surface area contributed by atoms with Gasteiger partial charge in [0.25, 0.3) is 0 Å². The number of hydrogen-bond acceptors (Lipinski definition) is 1. The van der Waals surface area contributed by atoms with Gasteiger partial charge in [-0.05, 0) is 18.8 Å². The summed E-state index contributed by atoms with van der Waals surface area (Å²) < 4.78 is 39.4. The Morgan fingerprint density at radius 1 is 1.26 bits per heavy atom. The van der Waals surface area contributed by atoms with Gasteiger partial charge in [-0.3, -0.25) is 0 Å². The SMILES string of the molecule is CC1CCN(C(=O)Nc2cc(F)cc(F)c2F)CC1. The molecule has 0 aliphatic carbocycles. The molecule has 1 aliphatic heterocycles. The molecular weight excluding hydrogens is 257 g/mol. The van der Waals surface area contributed by atoms with Gasteiger partial charge in [-0.2, -0.15) is 0 Å². The molecule has 2 amide bonds. The summed E-state index contributed by atoms with van der Waals surface area (Å²) in [5, 5.41) is 2.21. The van der Waals surface area contributed by atoms with Crippen LogP contribution in [-0.2, 0) is 0 Å². The van der Waals surface area contributed by atoms with Crippen LogP contribution in [0, 0.1) is 23.4 Å². The Hall–Kier alpha value is -1.72. The van der Waals surface area contributed by atoms with E-state index in [1.54, 1.807) is 0 Å². The molecule has 1 aliphatic rings. The molecular formula is C13H15F3N2O. The minimum Gasteiger partial charge on any atom is -0.325 e. The maximum atomic E-state index is 13.4. The largest absolute Gasteiger partial charge is 0.325 e. The van der Waals surface area contributed by atoms with Gasteiger partial charge in [-0.25, -0.2) is 18.0 Å². The average Bonchev–Trinajstić information content (AvgIpc) is 2.36. The molecule has 0 unspecified atom stereocenters. The molecule has 3 nitrogen and oxygen atoms in total. The number of halogens is 3. The number of nitrogens with zero attached hydrogens (tertiary/aromatic N) is 1. The Balaban J connectivity index is 2.07. The number of carbonyl (C=O) groups excluding carboxylic acids is 1. The van der Waals surface area contributed by atoms with Crippen LogP contribution < -0.4 is 5.32 Å². The van der Waals surface area contributed by atoms with Crippen LogP contribution in [0.5, 0.6) is 0 Å². The van der Waals surface area contributed by atoms with Gasteiger partial charge in [-0.1, -0.05) is 6.92 Å². The van der Waals surface area contributed by atoms with Crippen LogP contribution in [0.3, 0.4) is 0 Å². The van der Waals surface area contributed by atoms with E-state index in [9.17, 15) is 18.0 Å². The number of hydrogen-bond donors (Lipinski definition) is 1. The van der Waals surface area contributed by atoms with Crippen LogP contribution in [0.15, 0.2) is 12.1 Å². The van der Waals surface area contributed by atoms with Crippen molar-refractivity contribution in [2.24, 2.45) is 5.92 Å². The fourth-order valence-electron chi connectivity index (χ4n) is 2.05. The molecule has 0 aromatic heterocycles. The molecule has 0 radical (unpaired) electrons. The lowest BCUT2D eigenvalue weighted by Gasteiger charge is -2.30. The van der Waals surface area contributed by atoms with Crippen molar-refractivity contribution in [3.63, 3.8) is 0 Å². The lowest BCUT2D eigenvalue weighted by Crippen LogP contribution is -2.40. The Morgan fingerprint density at radius 3 is 2.53 bits per heavy atom. The number of piperidine rings is 1. The zero-order chi connectivity index (χ0) is 14.0. The van der Waals surface area contributed by atoms with E-state index in [1.165, 1.54) is 4.90 Å². The highest BCUT2D eigenvalue weighted by atomic mass is 19.2. The number of rotatable bonds is 1. The fourth-order valence-corrected chi connectivity index (χ4v) is 2.05. The molecule has 1 fully saturated rings. The summed E-state index contributed by atoms with van der Waals surface area (Å²) >= 11 is 0. The van der Waals surface area contributed by atoms with Crippen molar-refractivity contribution in [3.05, 3.63) is 29.6 Å². The van der Waals surface area contributed by atoms with Crippen LogP contribution >= 0.6 is 0 Å². The first-order valence-corrected chi connectivity index (χ1v) is 6.18.